The first kappa shape index (κ1) is 12.2. The highest BCUT2D eigenvalue weighted by Crippen LogP contribution is 2.34. The Kier molecular flexibility index (Phi) is 2.79. The largest absolute Gasteiger partial charge is 0.277 e. The number of pyridine rings is 1. The number of nitrogens with zero attached hydrogens (tertiary/aromatic N) is 3. The molecule has 1 aromatic carbocycles. The first-order valence-electron chi connectivity index (χ1n) is 6.64. The molecule has 0 aliphatic heterocycles. The number of hydrogen-bond donors (Lipinski definition) is 1. The van der Waals surface area contributed by atoms with E-state index in [9.17, 15) is 0 Å². The molecule has 0 radical (unpaired) electrons. The van der Waals surface area contributed by atoms with Gasteiger partial charge < -0.3 is 0 Å². The summed E-state index contributed by atoms with van der Waals surface area (Å²) >= 11 is 1.66. The van der Waals surface area contributed by atoms with Gasteiger partial charge in [-0.2, -0.15) is 5.10 Å². The molecule has 3 aromatic heterocycles. The van der Waals surface area contributed by atoms with E-state index in [0.29, 0.717) is 0 Å². The lowest BCUT2D eigenvalue weighted by Crippen LogP contribution is -1.82. The molecule has 1 N–H and O–H groups in total. The Morgan fingerprint density at radius 1 is 1.05 bits per heavy atom. The first-order chi connectivity index (χ1) is 10.3. The van der Waals surface area contributed by atoms with Crippen molar-refractivity contribution in [3.05, 3.63) is 53.7 Å². The number of nitrogens with one attached hydrogen (secondary N) is 1. The van der Waals surface area contributed by atoms with Crippen LogP contribution in [0.15, 0.2) is 48.8 Å². The van der Waals surface area contributed by atoms with E-state index in [-0.39, 0.29) is 0 Å². The lowest BCUT2D eigenvalue weighted by Gasteiger charge is -1.96. The molecule has 0 saturated carbocycles. The van der Waals surface area contributed by atoms with Gasteiger partial charge in [-0.3, -0.25) is 10.1 Å². The molecule has 4 rings (SSSR count). The van der Waals surface area contributed by atoms with Crippen LogP contribution in [-0.2, 0) is 0 Å². The normalized spacial score (nSPS) is 11.1. The average molecular weight is 292 g/mol. The van der Waals surface area contributed by atoms with Crippen molar-refractivity contribution in [3.63, 3.8) is 0 Å². The van der Waals surface area contributed by atoms with Crippen molar-refractivity contribution in [1.82, 2.24) is 20.2 Å². The molecule has 102 valence electrons. The lowest BCUT2D eigenvalue weighted by atomic mass is 10.2. The lowest BCUT2D eigenvalue weighted by molar-refractivity contribution is 1.12. The predicted molar refractivity (Wildman–Crippen MR) is 85.2 cm³/mol. The molecule has 0 spiro atoms. The van der Waals surface area contributed by atoms with Gasteiger partial charge >= 0.3 is 0 Å². The van der Waals surface area contributed by atoms with Gasteiger partial charge in [-0.05, 0) is 25.1 Å². The van der Waals surface area contributed by atoms with Crippen LogP contribution in [-0.4, -0.2) is 20.2 Å². The van der Waals surface area contributed by atoms with Gasteiger partial charge in [0.1, 0.15) is 10.7 Å². The fourth-order valence-corrected chi connectivity index (χ4v) is 3.33. The molecule has 0 unspecified atom stereocenters. The number of para-hydroxylation sites is 1. The van der Waals surface area contributed by atoms with Crippen molar-refractivity contribution in [1.29, 1.82) is 0 Å². The van der Waals surface area contributed by atoms with Crippen LogP contribution in [0.2, 0.25) is 0 Å². The third-order valence-corrected chi connectivity index (χ3v) is 4.38. The maximum absolute atomic E-state index is 4.77. The van der Waals surface area contributed by atoms with Gasteiger partial charge in [0.15, 0.2) is 0 Å². The van der Waals surface area contributed by atoms with Crippen molar-refractivity contribution in [2.24, 2.45) is 0 Å². The minimum Gasteiger partial charge on any atom is -0.277 e. The van der Waals surface area contributed by atoms with E-state index in [2.05, 4.69) is 28.2 Å². The van der Waals surface area contributed by atoms with Crippen molar-refractivity contribution >= 4 is 22.2 Å². The van der Waals surface area contributed by atoms with E-state index < -0.39 is 0 Å². The standard InChI is InChI=1S/C16H12N4S/c1-10-14(11-5-4-8-17-9-11)18-16(21-10)15-12-6-2-3-7-13(12)19-20-15/h2-9H,1H3,(H,19,20). The summed E-state index contributed by atoms with van der Waals surface area (Å²) in [7, 11) is 0. The minimum atomic E-state index is 0.911. The van der Waals surface area contributed by atoms with Crippen LogP contribution in [0.4, 0.5) is 0 Å². The highest BCUT2D eigenvalue weighted by molar-refractivity contribution is 7.15. The zero-order chi connectivity index (χ0) is 14.2. The topological polar surface area (TPSA) is 54.5 Å². The molecule has 0 saturated heterocycles. The third-order valence-electron chi connectivity index (χ3n) is 3.40. The number of aryl methyl sites for hydroxylation is 1. The Balaban J connectivity index is 1.87. The van der Waals surface area contributed by atoms with Crippen LogP contribution in [0.1, 0.15) is 4.88 Å². The molecule has 5 heteroatoms. The number of thiazole rings is 1. The second-order valence-electron chi connectivity index (χ2n) is 4.78. The van der Waals surface area contributed by atoms with Crippen molar-refractivity contribution in [3.8, 4) is 22.0 Å². The average Bonchev–Trinajstić information content (AvgIpc) is 3.11. The Morgan fingerprint density at radius 2 is 1.95 bits per heavy atom. The first-order valence-corrected chi connectivity index (χ1v) is 7.46. The number of aromatic amines is 1. The molecule has 4 nitrogen and oxygen atoms in total. The van der Waals surface area contributed by atoms with Gasteiger partial charge in [-0.1, -0.05) is 18.2 Å². The summed E-state index contributed by atoms with van der Waals surface area (Å²) in [5.74, 6) is 0. The van der Waals surface area contributed by atoms with E-state index in [4.69, 9.17) is 4.98 Å². The van der Waals surface area contributed by atoms with E-state index in [1.54, 1.807) is 17.5 Å². The van der Waals surface area contributed by atoms with Crippen molar-refractivity contribution in [2.75, 3.05) is 0 Å². The fourth-order valence-electron chi connectivity index (χ4n) is 2.39. The second kappa shape index (κ2) is 4.79. The van der Waals surface area contributed by atoms with E-state index in [0.717, 1.165) is 32.9 Å². The summed E-state index contributed by atoms with van der Waals surface area (Å²) in [4.78, 5) is 10.1. The smallest absolute Gasteiger partial charge is 0.145 e. The van der Waals surface area contributed by atoms with Gasteiger partial charge in [0.2, 0.25) is 0 Å². The Labute approximate surface area is 125 Å². The van der Waals surface area contributed by atoms with Gasteiger partial charge in [-0.15, -0.1) is 11.3 Å². The minimum absolute atomic E-state index is 0.911. The number of benzene rings is 1. The quantitative estimate of drug-likeness (QED) is 0.606. The molecular formula is C16H12N4S. The number of rotatable bonds is 2. The van der Waals surface area contributed by atoms with Crippen LogP contribution < -0.4 is 0 Å². The van der Waals surface area contributed by atoms with Crippen LogP contribution in [0.5, 0.6) is 0 Å². The Morgan fingerprint density at radius 3 is 2.81 bits per heavy atom. The molecular weight excluding hydrogens is 280 g/mol. The molecule has 0 atom stereocenters. The number of aromatic nitrogens is 4. The molecule has 4 aromatic rings. The molecule has 0 bridgehead atoms. The van der Waals surface area contributed by atoms with E-state index in [1.807, 2.05) is 36.5 Å². The van der Waals surface area contributed by atoms with Crippen molar-refractivity contribution in [2.45, 2.75) is 6.92 Å². The third kappa shape index (κ3) is 2.02. The molecule has 0 amide bonds. The van der Waals surface area contributed by atoms with E-state index >= 15 is 0 Å². The summed E-state index contributed by atoms with van der Waals surface area (Å²) in [6.07, 6.45) is 3.61. The Bertz CT molecular complexity index is 908. The summed E-state index contributed by atoms with van der Waals surface area (Å²) in [6, 6.07) is 12.1. The summed E-state index contributed by atoms with van der Waals surface area (Å²) < 4.78 is 0. The maximum atomic E-state index is 4.77. The predicted octanol–water partition coefficient (Wildman–Crippen LogP) is 4.06. The zero-order valence-electron chi connectivity index (χ0n) is 11.4. The SMILES string of the molecule is Cc1sc(-c2n[nH]c3ccccc23)nc1-c1cccnc1. The number of hydrogen-bond acceptors (Lipinski definition) is 4. The van der Waals surface area contributed by atoms with Crippen molar-refractivity contribution < 1.29 is 0 Å². The zero-order valence-corrected chi connectivity index (χ0v) is 12.2. The number of H-pyrrole nitrogens is 1. The van der Waals surface area contributed by atoms with Gasteiger partial charge in [0.05, 0.1) is 11.2 Å². The van der Waals surface area contributed by atoms with E-state index in [1.165, 1.54) is 4.88 Å². The summed E-state index contributed by atoms with van der Waals surface area (Å²) in [5.41, 5.74) is 3.96. The van der Waals surface area contributed by atoms with Crippen LogP contribution >= 0.6 is 11.3 Å². The molecule has 3 heterocycles. The highest BCUT2D eigenvalue weighted by Gasteiger charge is 2.15. The van der Waals surface area contributed by atoms with Crippen LogP contribution in [0.3, 0.4) is 0 Å². The Hall–Kier alpha value is -2.53. The number of fused-ring (bicyclic) bond motifs is 1. The summed E-state index contributed by atoms with van der Waals surface area (Å²) in [5, 5.41) is 9.52. The van der Waals surface area contributed by atoms with Gasteiger partial charge in [-0.25, -0.2) is 4.98 Å². The van der Waals surface area contributed by atoms with Crippen LogP contribution in [0.25, 0.3) is 32.9 Å². The monoisotopic (exact) mass is 292 g/mol. The van der Waals surface area contributed by atoms with Gasteiger partial charge in [0.25, 0.3) is 0 Å². The summed E-state index contributed by atoms with van der Waals surface area (Å²) in [6.45, 7) is 2.08. The molecule has 0 aliphatic rings. The van der Waals surface area contributed by atoms with Crippen LogP contribution in [0, 0.1) is 6.92 Å². The molecule has 0 fully saturated rings. The molecule has 0 aliphatic carbocycles. The fraction of sp³-hybridized carbons (Fsp3) is 0.0625. The maximum Gasteiger partial charge on any atom is 0.145 e. The van der Waals surface area contributed by atoms with Gasteiger partial charge in [0, 0.05) is 28.2 Å². The second-order valence-corrected chi connectivity index (χ2v) is 5.99. The highest BCUT2D eigenvalue weighted by atomic mass is 32.1. The molecule has 21 heavy (non-hydrogen) atoms.